The molecule has 6 heteroatoms. The molecule has 1 aromatic heterocycles. The maximum atomic E-state index is 12.7. The van der Waals surface area contributed by atoms with Crippen LogP contribution in [0.4, 0.5) is 0 Å². The Labute approximate surface area is 129 Å². The highest BCUT2D eigenvalue weighted by molar-refractivity contribution is 5.80. The Kier molecular flexibility index (Phi) is 4.20. The van der Waals surface area contributed by atoms with Crippen LogP contribution in [0.25, 0.3) is 0 Å². The number of ether oxygens (including phenoxy) is 1. The van der Waals surface area contributed by atoms with E-state index in [1.54, 1.807) is 11.0 Å². The number of hydrogen-bond donors (Lipinski definition) is 0. The van der Waals surface area contributed by atoms with Crippen molar-refractivity contribution >= 4 is 5.91 Å². The maximum Gasteiger partial charge on any atom is 0.247 e. The van der Waals surface area contributed by atoms with Gasteiger partial charge in [0.15, 0.2) is 0 Å². The Morgan fingerprint density at radius 3 is 2.77 bits per heavy atom. The topological polar surface area (TPSA) is 60.2 Å². The van der Waals surface area contributed by atoms with Crippen LogP contribution in [0.5, 0.6) is 0 Å². The van der Waals surface area contributed by atoms with E-state index in [-0.39, 0.29) is 24.2 Å². The van der Waals surface area contributed by atoms with Crippen LogP contribution >= 0.6 is 0 Å². The van der Waals surface area contributed by atoms with Crippen LogP contribution in [-0.4, -0.2) is 44.8 Å². The molecule has 0 aliphatic carbocycles. The molecule has 0 unspecified atom stereocenters. The van der Waals surface area contributed by atoms with E-state index in [9.17, 15) is 4.79 Å². The zero-order chi connectivity index (χ0) is 15.5. The number of carbonyl (C=O) groups excluding carboxylic acids is 1. The molecular weight excluding hydrogens is 280 g/mol. The van der Waals surface area contributed by atoms with Crippen molar-refractivity contribution in [1.82, 2.24) is 19.7 Å². The summed E-state index contributed by atoms with van der Waals surface area (Å²) in [4.78, 5) is 18.5. The van der Waals surface area contributed by atoms with E-state index in [1.165, 1.54) is 6.33 Å². The van der Waals surface area contributed by atoms with Gasteiger partial charge in [0.05, 0.1) is 12.6 Å². The molecule has 0 saturated carbocycles. The molecule has 3 atom stereocenters. The van der Waals surface area contributed by atoms with Gasteiger partial charge < -0.3 is 9.64 Å². The van der Waals surface area contributed by atoms with E-state index in [4.69, 9.17) is 4.74 Å². The number of aromatic nitrogens is 3. The minimum atomic E-state index is -0.357. The Morgan fingerprint density at radius 1 is 1.32 bits per heavy atom. The molecular formula is C16H20N4O2. The second-order valence-electron chi connectivity index (χ2n) is 5.64. The van der Waals surface area contributed by atoms with Gasteiger partial charge in [0, 0.05) is 6.54 Å². The van der Waals surface area contributed by atoms with Gasteiger partial charge in [-0.05, 0) is 19.4 Å². The van der Waals surface area contributed by atoms with Crippen LogP contribution in [0.15, 0.2) is 43.0 Å². The third-order valence-corrected chi connectivity index (χ3v) is 3.93. The van der Waals surface area contributed by atoms with E-state index in [2.05, 4.69) is 10.1 Å². The SMILES string of the molecule is C[C@@H]1CN(C(=O)[C@@H](C)n2cncn2)C[C@H](c2ccccc2)O1. The average Bonchev–Trinajstić information content (AvgIpc) is 3.08. The molecule has 0 N–H and O–H groups in total. The first kappa shape index (κ1) is 14.7. The number of rotatable bonds is 3. The highest BCUT2D eigenvalue weighted by Crippen LogP contribution is 2.26. The van der Waals surface area contributed by atoms with Gasteiger partial charge >= 0.3 is 0 Å². The quantitative estimate of drug-likeness (QED) is 0.867. The lowest BCUT2D eigenvalue weighted by Crippen LogP contribution is -2.48. The molecule has 2 heterocycles. The van der Waals surface area contributed by atoms with Crippen LogP contribution in [0.2, 0.25) is 0 Å². The van der Waals surface area contributed by atoms with Gasteiger partial charge in [-0.3, -0.25) is 4.79 Å². The Bertz CT molecular complexity index is 614. The minimum Gasteiger partial charge on any atom is -0.367 e. The molecule has 0 spiro atoms. The fourth-order valence-corrected chi connectivity index (χ4v) is 2.78. The van der Waals surface area contributed by atoms with Crippen LogP contribution in [0.3, 0.4) is 0 Å². The lowest BCUT2D eigenvalue weighted by molar-refractivity contribution is -0.148. The molecule has 1 aliphatic heterocycles. The minimum absolute atomic E-state index is 0.00542. The summed E-state index contributed by atoms with van der Waals surface area (Å²) in [6, 6.07) is 9.66. The van der Waals surface area contributed by atoms with Crippen molar-refractivity contribution in [2.75, 3.05) is 13.1 Å². The number of hydrogen-bond acceptors (Lipinski definition) is 4. The molecule has 1 aromatic carbocycles. The van der Waals surface area contributed by atoms with Gasteiger partial charge in [0.25, 0.3) is 0 Å². The van der Waals surface area contributed by atoms with Gasteiger partial charge in [-0.15, -0.1) is 0 Å². The number of morpholine rings is 1. The number of nitrogens with zero attached hydrogens (tertiary/aromatic N) is 4. The van der Waals surface area contributed by atoms with E-state index < -0.39 is 0 Å². The van der Waals surface area contributed by atoms with Crippen molar-refractivity contribution in [1.29, 1.82) is 0 Å². The van der Waals surface area contributed by atoms with Gasteiger partial charge in [-0.2, -0.15) is 5.10 Å². The molecule has 2 aromatic rings. The Balaban J connectivity index is 1.75. The van der Waals surface area contributed by atoms with Crippen LogP contribution in [0, 0.1) is 0 Å². The van der Waals surface area contributed by atoms with E-state index in [1.807, 2.05) is 49.1 Å². The van der Waals surface area contributed by atoms with Gasteiger partial charge in [0.2, 0.25) is 5.91 Å². The summed E-state index contributed by atoms with van der Waals surface area (Å²) in [7, 11) is 0. The second-order valence-corrected chi connectivity index (χ2v) is 5.64. The molecule has 0 radical (unpaired) electrons. The van der Waals surface area contributed by atoms with Gasteiger partial charge in [-0.25, -0.2) is 9.67 Å². The summed E-state index contributed by atoms with van der Waals surface area (Å²) in [5.74, 6) is 0.0431. The van der Waals surface area contributed by atoms with Crippen molar-refractivity contribution in [2.45, 2.75) is 32.1 Å². The first-order valence-electron chi connectivity index (χ1n) is 7.48. The van der Waals surface area contributed by atoms with Crippen molar-refractivity contribution in [3.8, 4) is 0 Å². The van der Waals surface area contributed by atoms with Gasteiger partial charge in [-0.1, -0.05) is 30.3 Å². The highest BCUT2D eigenvalue weighted by atomic mass is 16.5. The number of amides is 1. The standard InChI is InChI=1S/C16H20N4O2/c1-12-8-19(16(21)13(2)20-11-17-10-18-20)9-15(22-12)14-6-4-3-5-7-14/h3-7,10-13,15H,8-9H2,1-2H3/t12-,13-,15-/m1/s1. The third kappa shape index (κ3) is 3.01. The summed E-state index contributed by atoms with van der Waals surface area (Å²) in [5, 5.41) is 4.06. The normalized spacial score (nSPS) is 23.3. The summed E-state index contributed by atoms with van der Waals surface area (Å²) >= 11 is 0. The predicted molar refractivity (Wildman–Crippen MR) is 81.0 cm³/mol. The average molecular weight is 300 g/mol. The van der Waals surface area contributed by atoms with Crippen LogP contribution in [0.1, 0.15) is 31.6 Å². The third-order valence-electron chi connectivity index (χ3n) is 3.93. The maximum absolute atomic E-state index is 12.7. The summed E-state index contributed by atoms with van der Waals surface area (Å²) in [6.07, 6.45) is 2.93. The lowest BCUT2D eigenvalue weighted by Gasteiger charge is -2.38. The molecule has 0 bridgehead atoms. The first-order valence-corrected chi connectivity index (χ1v) is 7.48. The molecule has 6 nitrogen and oxygen atoms in total. The van der Waals surface area contributed by atoms with Crippen molar-refractivity contribution in [2.24, 2.45) is 0 Å². The molecule has 1 saturated heterocycles. The van der Waals surface area contributed by atoms with Gasteiger partial charge in [0.1, 0.15) is 24.8 Å². The molecule has 3 rings (SSSR count). The van der Waals surface area contributed by atoms with E-state index in [0.29, 0.717) is 13.1 Å². The fourth-order valence-electron chi connectivity index (χ4n) is 2.78. The Morgan fingerprint density at radius 2 is 2.09 bits per heavy atom. The predicted octanol–water partition coefficient (Wildman–Crippen LogP) is 1.83. The molecule has 116 valence electrons. The van der Waals surface area contributed by atoms with Crippen LogP contribution in [-0.2, 0) is 9.53 Å². The molecule has 1 amide bonds. The van der Waals surface area contributed by atoms with Crippen molar-refractivity contribution in [3.63, 3.8) is 0 Å². The van der Waals surface area contributed by atoms with E-state index in [0.717, 1.165) is 5.56 Å². The van der Waals surface area contributed by atoms with Crippen molar-refractivity contribution in [3.05, 3.63) is 48.5 Å². The molecule has 22 heavy (non-hydrogen) atoms. The largest absolute Gasteiger partial charge is 0.367 e. The monoisotopic (exact) mass is 300 g/mol. The lowest BCUT2D eigenvalue weighted by atomic mass is 10.1. The van der Waals surface area contributed by atoms with Crippen LogP contribution < -0.4 is 0 Å². The first-order chi connectivity index (χ1) is 10.6. The summed E-state index contributed by atoms with van der Waals surface area (Å²) in [5.41, 5.74) is 1.10. The molecule has 1 aliphatic rings. The Hall–Kier alpha value is -2.21. The zero-order valence-electron chi connectivity index (χ0n) is 12.8. The number of benzene rings is 1. The summed E-state index contributed by atoms with van der Waals surface area (Å²) < 4.78 is 7.58. The summed E-state index contributed by atoms with van der Waals surface area (Å²) in [6.45, 7) is 5.00. The smallest absolute Gasteiger partial charge is 0.247 e. The second kappa shape index (κ2) is 6.27. The fraction of sp³-hybridized carbons (Fsp3) is 0.438. The van der Waals surface area contributed by atoms with Crippen molar-refractivity contribution < 1.29 is 9.53 Å². The zero-order valence-corrected chi connectivity index (χ0v) is 12.8. The van der Waals surface area contributed by atoms with E-state index >= 15 is 0 Å². The highest BCUT2D eigenvalue weighted by Gasteiger charge is 2.32. The number of carbonyl (C=O) groups is 1. The molecule has 1 fully saturated rings.